The topological polar surface area (TPSA) is 57.5 Å². The Morgan fingerprint density at radius 1 is 0.947 bits per heavy atom. The predicted octanol–water partition coefficient (Wildman–Crippen LogP) is 3.46. The first-order valence-corrected chi connectivity index (χ1v) is 6.22. The largest absolute Gasteiger partial charge is 0.504 e. The van der Waals surface area contributed by atoms with Crippen molar-refractivity contribution >= 4 is 0 Å². The van der Waals surface area contributed by atoms with E-state index in [-0.39, 0.29) is 0 Å². The zero-order valence-electron chi connectivity index (χ0n) is 11.3. The van der Waals surface area contributed by atoms with Gasteiger partial charge in [0.25, 0.3) is 0 Å². The molecule has 2 rings (SSSR count). The maximum atomic E-state index is 11.4. The van der Waals surface area contributed by atoms with Gasteiger partial charge in [0.05, 0.1) is 0 Å². The molecule has 0 fully saturated rings. The highest BCUT2D eigenvalue weighted by atomic mass is 16.3. The molecular weight excluding hydrogens is 240 g/mol. The van der Waals surface area contributed by atoms with Crippen molar-refractivity contribution in [3.05, 3.63) is 58.3 Å². The van der Waals surface area contributed by atoms with Crippen molar-refractivity contribution in [1.82, 2.24) is 0 Å². The molecule has 0 saturated carbocycles. The molecule has 0 bridgehead atoms. The van der Waals surface area contributed by atoms with Crippen molar-refractivity contribution in [2.45, 2.75) is 20.8 Å². The number of hydrogen-bond acceptors (Lipinski definition) is 3. The lowest BCUT2D eigenvalue weighted by atomic mass is 10.0. The molecule has 0 unspecified atom stereocenters. The average molecular weight is 258 g/mol. The second kappa shape index (κ2) is 6.59. The van der Waals surface area contributed by atoms with Crippen LogP contribution in [0.2, 0.25) is 0 Å². The van der Waals surface area contributed by atoms with Gasteiger partial charge in [-0.3, -0.25) is 4.79 Å². The molecule has 0 aliphatic rings. The zero-order chi connectivity index (χ0) is 14.4. The molecule has 2 N–H and O–H groups in total. The van der Waals surface area contributed by atoms with E-state index >= 15 is 0 Å². The summed E-state index contributed by atoms with van der Waals surface area (Å²) in [5.74, 6) is -1.02. The van der Waals surface area contributed by atoms with E-state index in [0.29, 0.717) is 5.56 Å². The molecule has 0 aromatic heterocycles. The Hall–Kier alpha value is -2.29. The minimum atomic E-state index is -0.615. The first-order chi connectivity index (χ1) is 9.09. The molecule has 3 nitrogen and oxygen atoms in total. The molecule has 0 aliphatic heterocycles. The van der Waals surface area contributed by atoms with Gasteiger partial charge < -0.3 is 10.2 Å². The Morgan fingerprint density at radius 2 is 1.53 bits per heavy atom. The van der Waals surface area contributed by atoms with Crippen LogP contribution < -0.4 is 5.43 Å². The smallest absolute Gasteiger partial charge is 0.224 e. The second-order valence-corrected chi connectivity index (χ2v) is 3.85. The Labute approximate surface area is 112 Å². The van der Waals surface area contributed by atoms with Gasteiger partial charge >= 0.3 is 0 Å². The number of aromatic hydroxyl groups is 2. The summed E-state index contributed by atoms with van der Waals surface area (Å²) >= 11 is 0. The normalized spacial score (nSPS) is 9.42. The average Bonchev–Trinajstić information content (AvgIpc) is 2.54. The van der Waals surface area contributed by atoms with Crippen LogP contribution in [0.1, 0.15) is 19.4 Å². The summed E-state index contributed by atoms with van der Waals surface area (Å²) in [6.07, 6.45) is 0. The van der Waals surface area contributed by atoms with E-state index in [0.717, 1.165) is 11.1 Å². The zero-order valence-corrected chi connectivity index (χ0v) is 11.3. The van der Waals surface area contributed by atoms with Crippen LogP contribution in [0.25, 0.3) is 11.1 Å². The highest BCUT2D eigenvalue weighted by molar-refractivity contribution is 5.68. The first kappa shape index (κ1) is 14.8. The van der Waals surface area contributed by atoms with Gasteiger partial charge in [-0.15, -0.1) is 0 Å². The summed E-state index contributed by atoms with van der Waals surface area (Å²) in [5, 5.41) is 19.0. The van der Waals surface area contributed by atoms with E-state index in [9.17, 15) is 15.0 Å². The van der Waals surface area contributed by atoms with E-state index in [1.54, 1.807) is 6.92 Å². The highest BCUT2D eigenvalue weighted by Gasteiger charge is 2.07. The number of rotatable bonds is 1. The molecule has 0 aliphatic carbocycles. The van der Waals surface area contributed by atoms with Crippen LogP contribution in [0, 0.1) is 6.92 Å². The molecule has 0 saturated heterocycles. The minimum Gasteiger partial charge on any atom is -0.504 e. The predicted molar refractivity (Wildman–Crippen MR) is 77.6 cm³/mol. The van der Waals surface area contributed by atoms with Crippen LogP contribution in [0.4, 0.5) is 0 Å². The minimum absolute atomic E-state index is 0.401. The van der Waals surface area contributed by atoms with Crippen molar-refractivity contribution in [2.24, 2.45) is 0 Å². The van der Waals surface area contributed by atoms with Gasteiger partial charge in [0.1, 0.15) is 0 Å². The molecule has 0 heterocycles. The van der Waals surface area contributed by atoms with Crippen molar-refractivity contribution in [3.8, 4) is 22.6 Å². The Kier molecular flexibility index (Phi) is 5.12. The maximum Gasteiger partial charge on any atom is 0.224 e. The van der Waals surface area contributed by atoms with Crippen molar-refractivity contribution < 1.29 is 10.2 Å². The van der Waals surface area contributed by atoms with Gasteiger partial charge in [-0.25, -0.2) is 0 Å². The van der Waals surface area contributed by atoms with E-state index in [1.165, 1.54) is 12.1 Å². The van der Waals surface area contributed by atoms with E-state index in [2.05, 4.69) is 0 Å². The lowest BCUT2D eigenvalue weighted by Crippen LogP contribution is -1.94. The Bertz CT molecular complexity index is 604. The Balaban J connectivity index is 0.000000861. The van der Waals surface area contributed by atoms with E-state index in [4.69, 9.17) is 0 Å². The van der Waals surface area contributed by atoms with E-state index in [1.807, 2.05) is 44.2 Å². The van der Waals surface area contributed by atoms with Gasteiger partial charge in [0.15, 0.2) is 5.75 Å². The van der Waals surface area contributed by atoms with Crippen LogP contribution in [-0.4, -0.2) is 10.2 Å². The van der Waals surface area contributed by atoms with Gasteiger partial charge in [0.2, 0.25) is 11.2 Å². The third kappa shape index (κ3) is 3.35. The van der Waals surface area contributed by atoms with Crippen molar-refractivity contribution in [3.63, 3.8) is 0 Å². The quantitative estimate of drug-likeness (QED) is 0.823. The number of hydrogen-bond donors (Lipinski definition) is 2. The fourth-order valence-electron chi connectivity index (χ4n) is 1.72. The van der Waals surface area contributed by atoms with Crippen molar-refractivity contribution in [1.29, 1.82) is 0 Å². The lowest BCUT2D eigenvalue weighted by Gasteiger charge is -2.01. The fraction of sp³-hybridized carbons (Fsp3) is 0.188. The van der Waals surface area contributed by atoms with Gasteiger partial charge in [-0.05, 0) is 35.7 Å². The molecule has 3 heteroatoms. The molecule has 0 amide bonds. The van der Waals surface area contributed by atoms with Gasteiger partial charge in [-0.2, -0.15) is 0 Å². The summed E-state index contributed by atoms with van der Waals surface area (Å²) < 4.78 is 0. The fourth-order valence-corrected chi connectivity index (χ4v) is 1.72. The van der Waals surface area contributed by atoms with Crippen molar-refractivity contribution in [2.75, 3.05) is 0 Å². The molecule has 2 aromatic carbocycles. The summed E-state index contributed by atoms with van der Waals surface area (Å²) in [5.41, 5.74) is 1.73. The third-order valence-electron chi connectivity index (χ3n) is 2.61. The summed E-state index contributed by atoms with van der Waals surface area (Å²) in [4.78, 5) is 11.4. The van der Waals surface area contributed by atoms with Crippen LogP contribution >= 0.6 is 0 Å². The molecule has 0 radical (unpaired) electrons. The van der Waals surface area contributed by atoms with Crippen LogP contribution in [0.5, 0.6) is 11.5 Å². The van der Waals surface area contributed by atoms with Gasteiger partial charge in [0, 0.05) is 0 Å². The summed E-state index contributed by atoms with van der Waals surface area (Å²) in [6, 6.07) is 12.1. The van der Waals surface area contributed by atoms with Crippen LogP contribution in [0.3, 0.4) is 0 Å². The lowest BCUT2D eigenvalue weighted by molar-refractivity contribution is 0.402. The number of benzene rings is 1. The molecule has 0 spiro atoms. The molecule has 100 valence electrons. The first-order valence-electron chi connectivity index (χ1n) is 6.22. The van der Waals surface area contributed by atoms with Crippen LogP contribution in [0.15, 0.2) is 47.3 Å². The number of aryl methyl sites for hydroxylation is 1. The monoisotopic (exact) mass is 258 g/mol. The second-order valence-electron chi connectivity index (χ2n) is 3.85. The molecule has 19 heavy (non-hydrogen) atoms. The summed E-state index contributed by atoms with van der Waals surface area (Å²) in [6.45, 7) is 5.77. The maximum absolute atomic E-state index is 11.4. The van der Waals surface area contributed by atoms with Crippen LogP contribution in [-0.2, 0) is 0 Å². The standard InChI is InChI=1S/C14H12O3.C2H6/c1-9-7-12(15)14(17)13(16)8-11(9)10-5-3-2-4-6-10;1-2/h2-8H,1H3,(H2,15,16,17);1-2H3. The highest BCUT2D eigenvalue weighted by Crippen LogP contribution is 2.28. The Morgan fingerprint density at radius 3 is 2.11 bits per heavy atom. The SMILES string of the molecule is CC.Cc1cc(=O)c(O)c(O)cc1-c1ccccc1. The third-order valence-corrected chi connectivity index (χ3v) is 2.61. The molecule has 0 atom stereocenters. The molecule has 2 aromatic rings. The van der Waals surface area contributed by atoms with Gasteiger partial charge in [-0.1, -0.05) is 44.2 Å². The molecular formula is C16H18O3. The summed E-state index contributed by atoms with van der Waals surface area (Å²) in [7, 11) is 0. The van der Waals surface area contributed by atoms with E-state index < -0.39 is 16.9 Å².